The van der Waals surface area contributed by atoms with Gasteiger partial charge < -0.3 is 29.9 Å². The summed E-state index contributed by atoms with van der Waals surface area (Å²) >= 11 is 0. The summed E-state index contributed by atoms with van der Waals surface area (Å²) < 4.78 is 10.5. The molecular formula is C12H17NO7. The van der Waals surface area contributed by atoms with E-state index >= 15 is 0 Å². The molecule has 2 rings (SSSR count). The van der Waals surface area contributed by atoms with Gasteiger partial charge in [0.05, 0.1) is 12.3 Å². The Morgan fingerprint density at radius 1 is 1.30 bits per heavy atom. The van der Waals surface area contributed by atoms with E-state index in [9.17, 15) is 20.1 Å². The molecule has 8 heteroatoms. The molecule has 0 radical (unpaired) electrons. The highest BCUT2D eigenvalue weighted by atomic mass is 16.7. The van der Waals surface area contributed by atoms with E-state index in [0.29, 0.717) is 5.71 Å². The van der Waals surface area contributed by atoms with Crippen molar-refractivity contribution in [1.82, 2.24) is 0 Å². The third-order valence-electron chi connectivity index (χ3n) is 3.27. The number of aliphatic imine (C=N–C) groups is 1. The zero-order chi connectivity index (χ0) is 14.9. The minimum atomic E-state index is -1.54. The van der Waals surface area contributed by atoms with E-state index in [2.05, 4.69) is 4.99 Å². The Morgan fingerprint density at radius 3 is 2.60 bits per heavy atom. The smallest absolute Gasteiger partial charge is 0.191 e. The summed E-state index contributed by atoms with van der Waals surface area (Å²) in [6.07, 6.45) is -5.45. The lowest BCUT2D eigenvalue weighted by Gasteiger charge is -2.40. The Morgan fingerprint density at radius 2 is 2.00 bits per heavy atom. The Balaban J connectivity index is 2.10. The van der Waals surface area contributed by atoms with E-state index in [0.717, 1.165) is 0 Å². The van der Waals surface area contributed by atoms with E-state index in [1.807, 2.05) is 0 Å². The molecular weight excluding hydrogens is 270 g/mol. The lowest BCUT2D eigenvalue weighted by atomic mass is 9.99. The van der Waals surface area contributed by atoms with Crippen LogP contribution in [0, 0.1) is 0 Å². The van der Waals surface area contributed by atoms with Crippen molar-refractivity contribution in [2.24, 2.45) is 4.99 Å². The first-order valence-electron chi connectivity index (χ1n) is 6.16. The molecule has 1 fully saturated rings. The van der Waals surface area contributed by atoms with Crippen LogP contribution in [0.15, 0.2) is 17.3 Å². The predicted molar refractivity (Wildman–Crippen MR) is 65.9 cm³/mol. The summed E-state index contributed by atoms with van der Waals surface area (Å²) in [5, 5.41) is 38.1. The van der Waals surface area contributed by atoms with Gasteiger partial charge in [-0.25, -0.2) is 0 Å². The standard InChI is InChI=1S/C12H17NO7/c1-5-11(6(15)2-3-13-5)20-12-10(18)9(17)8(16)7(4-14)19-12/h2-3,7-12,14,16-18H,4H2,1H3/t7-,8-,9+,10-,11?,12?/m1/s1. The number of nitrogens with zero attached hydrogens (tertiary/aromatic N) is 1. The number of hydrogen-bond acceptors (Lipinski definition) is 8. The fraction of sp³-hybridized carbons (Fsp3) is 0.667. The average Bonchev–Trinajstić information content (AvgIpc) is 2.43. The molecule has 0 aromatic rings. The molecule has 20 heavy (non-hydrogen) atoms. The van der Waals surface area contributed by atoms with Crippen LogP contribution in [0.5, 0.6) is 0 Å². The lowest BCUT2D eigenvalue weighted by molar-refractivity contribution is -0.303. The molecule has 6 atom stereocenters. The highest BCUT2D eigenvalue weighted by Gasteiger charge is 2.45. The molecule has 0 amide bonds. The number of aliphatic hydroxyl groups is 4. The fourth-order valence-corrected chi connectivity index (χ4v) is 2.07. The normalized spacial score (nSPS) is 41.6. The minimum Gasteiger partial charge on any atom is -0.394 e. The number of carbonyl (C=O) groups excluding carboxylic acids is 1. The van der Waals surface area contributed by atoms with Gasteiger partial charge in [-0.15, -0.1) is 0 Å². The Kier molecular flexibility index (Phi) is 4.63. The number of ketones is 1. The molecule has 0 aliphatic carbocycles. The zero-order valence-corrected chi connectivity index (χ0v) is 10.8. The van der Waals surface area contributed by atoms with Crippen LogP contribution in [0.3, 0.4) is 0 Å². The zero-order valence-electron chi connectivity index (χ0n) is 10.8. The van der Waals surface area contributed by atoms with Crippen LogP contribution in [0.4, 0.5) is 0 Å². The summed E-state index contributed by atoms with van der Waals surface area (Å²) in [6, 6.07) is 0. The van der Waals surface area contributed by atoms with Gasteiger partial charge in [0.15, 0.2) is 18.2 Å². The number of ether oxygens (including phenoxy) is 2. The highest BCUT2D eigenvalue weighted by molar-refractivity contribution is 6.13. The molecule has 0 saturated carbocycles. The van der Waals surface area contributed by atoms with E-state index in [1.165, 1.54) is 12.3 Å². The van der Waals surface area contributed by atoms with E-state index < -0.39 is 43.4 Å². The Hall–Kier alpha value is -1.16. The van der Waals surface area contributed by atoms with E-state index in [-0.39, 0.29) is 5.78 Å². The maximum absolute atomic E-state index is 11.7. The van der Waals surface area contributed by atoms with Crippen molar-refractivity contribution in [1.29, 1.82) is 0 Å². The molecule has 2 heterocycles. The van der Waals surface area contributed by atoms with Gasteiger partial charge in [-0.1, -0.05) is 0 Å². The van der Waals surface area contributed by atoms with Gasteiger partial charge in [0, 0.05) is 12.3 Å². The molecule has 8 nitrogen and oxygen atoms in total. The molecule has 0 aromatic carbocycles. The van der Waals surface area contributed by atoms with Crippen molar-refractivity contribution in [3.8, 4) is 0 Å². The molecule has 1 saturated heterocycles. The van der Waals surface area contributed by atoms with Crippen LogP contribution < -0.4 is 0 Å². The van der Waals surface area contributed by atoms with Gasteiger partial charge in [0.2, 0.25) is 0 Å². The summed E-state index contributed by atoms with van der Waals surface area (Å²) in [4.78, 5) is 15.6. The van der Waals surface area contributed by atoms with Crippen LogP contribution in [0.25, 0.3) is 0 Å². The van der Waals surface area contributed by atoms with Gasteiger partial charge in [-0.3, -0.25) is 9.79 Å². The first-order valence-corrected chi connectivity index (χ1v) is 6.16. The first kappa shape index (κ1) is 15.2. The number of carbonyl (C=O) groups is 1. The summed E-state index contributed by atoms with van der Waals surface area (Å²) in [7, 11) is 0. The third kappa shape index (κ3) is 2.80. The first-order chi connectivity index (χ1) is 9.45. The summed E-state index contributed by atoms with van der Waals surface area (Å²) in [5.41, 5.74) is 0.384. The maximum Gasteiger partial charge on any atom is 0.191 e. The minimum absolute atomic E-state index is 0.366. The van der Waals surface area contributed by atoms with Gasteiger partial charge in [-0.05, 0) is 6.92 Å². The molecule has 2 aliphatic heterocycles. The van der Waals surface area contributed by atoms with Crippen LogP contribution in [0.2, 0.25) is 0 Å². The predicted octanol–water partition coefficient (Wildman–Crippen LogP) is -2.27. The van der Waals surface area contributed by atoms with Crippen molar-refractivity contribution >= 4 is 11.5 Å². The lowest BCUT2D eigenvalue weighted by Crippen LogP contribution is -2.60. The Labute approximate surface area is 115 Å². The van der Waals surface area contributed by atoms with Crippen LogP contribution >= 0.6 is 0 Å². The summed E-state index contributed by atoms with van der Waals surface area (Å²) in [6.45, 7) is 1.02. The highest BCUT2D eigenvalue weighted by Crippen LogP contribution is 2.23. The second kappa shape index (κ2) is 6.08. The third-order valence-corrected chi connectivity index (χ3v) is 3.27. The molecule has 0 spiro atoms. The van der Waals surface area contributed by atoms with E-state index in [1.54, 1.807) is 6.92 Å². The molecule has 0 aromatic heterocycles. The number of rotatable bonds is 3. The quantitative estimate of drug-likeness (QED) is 0.460. The monoisotopic (exact) mass is 287 g/mol. The van der Waals surface area contributed by atoms with Crippen molar-refractivity contribution in [2.75, 3.05) is 6.61 Å². The second-order valence-electron chi connectivity index (χ2n) is 4.70. The molecule has 2 aliphatic rings. The SMILES string of the molecule is CC1=NC=CC(=O)C1OC1O[C@H](CO)[C@@H](O)[C@H](O)[C@H]1O. The van der Waals surface area contributed by atoms with Gasteiger partial charge in [-0.2, -0.15) is 0 Å². The topological polar surface area (TPSA) is 129 Å². The van der Waals surface area contributed by atoms with Crippen LogP contribution in [-0.2, 0) is 14.3 Å². The second-order valence-corrected chi connectivity index (χ2v) is 4.70. The van der Waals surface area contributed by atoms with Crippen molar-refractivity contribution in [3.05, 3.63) is 12.3 Å². The van der Waals surface area contributed by atoms with Crippen molar-refractivity contribution in [2.45, 2.75) is 43.7 Å². The largest absolute Gasteiger partial charge is 0.394 e. The van der Waals surface area contributed by atoms with Gasteiger partial charge in [0.25, 0.3) is 0 Å². The number of hydrogen-bond donors (Lipinski definition) is 4. The van der Waals surface area contributed by atoms with Crippen molar-refractivity contribution < 1.29 is 34.7 Å². The molecule has 112 valence electrons. The molecule has 4 N–H and O–H groups in total. The van der Waals surface area contributed by atoms with Gasteiger partial charge in [0.1, 0.15) is 24.4 Å². The molecule has 2 unspecified atom stereocenters. The van der Waals surface area contributed by atoms with Gasteiger partial charge >= 0.3 is 0 Å². The average molecular weight is 287 g/mol. The molecule has 0 bridgehead atoms. The van der Waals surface area contributed by atoms with E-state index in [4.69, 9.17) is 14.6 Å². The maximum atomic E-state index is 11.7. The summed E-state index contributed by atoms with van der Waals surface area (Å²) in [5.74, 6) is -0.366. The Bertz CT molecular complexity index is 434. The van der Waals surface area contributed by atoms with Crippen LogP contribution in [-0.4, -0.2) is 75.3 Å². The number of aliphatic hydroxyl groups excluding tert-OH is 4. The fourth-order valence-electron chi connectivity index (χ4n) is 2.07. The van der Waals surface area contributed by atoms with Crippen LogP contribution in [0.1, 0.15) is 6.92 Å². The van der Waals surface area contributed by atoms with Crippen molar-refractivity contribution in [3.63, 3.8) is 0 Å².